The van der Waals surface area contributed by atoms with Crippen molar-refractivity contribution in [2.45, 2.75) is 32.0 Å². The average molecular weight is 277 g/mol. The molecule has 0 saturated heterocycles. The summed E-state index contributed by atoms with van der Waals surface area (Å²) >= 11 is 0. The highest BCUT2D eigenvalue weighted by Crippen LogP contribution is 2.15. The zero-order valence-electron chi connectivity index (χ0n) is 11.5. The second-order valence-corrected chi connectivity index (χ2v) is 4.90. The minimum Gasteiger partial charge on any atom is -0.387 e. The fourth-order valence-electron chi connectivity index (χ4n) is 2.03. The van der Waals surface area contributed by atoms with Crippen LogP contribution in [0.1, 0.15) is 25.0 Å². The number of aliphatic hydroxyl groups excluding tert-OH is 1. The summed E-state index contributed by atoms with van der Waals surface area (Å²) in [6.07, 6.45) is 3.73. The third kappa shape index (κ3) is 4.15. The minimum atomic E-state index is -0.830. The van der Waals surface area contributed by atoms with E-state index < -0.39 is 6.10 Å². The lowest BCUT2D eigenvalue weighted by Gasteiger charge is -2.17. The Morgan fingerprint density at radius 1 is 1.35 bits per heavy atom. The molecule has 2 aromatic rings. The first-order chi connectivity index (χ1) is 9.66. The molecular formula is C15H20FN3O. The largest absolute Gasteiger partial charge is 0.387 e. The summed E-state index contributed by atoms with van der Waals surface area (Å²) in [7, 11) is 0. The molecule has 20 heavy (non-hydrogen) atoms. The third-order valence-corrected chi connectivity index (χ3v) is 3.27. The maximum atomic E-state index is 13.5. The number of hydrogen-bond acceptors (Lipinski definition) is 3. The monoisotopic (exact) mass is 277 g/mol. The van der Waals surface area contributed by atoms with Crippen LogP contribution in [0.25, 0.3) is 0 Å². The summed E-state index contributed by atoms with van der Waals surface area (Å²) in [5, 5.41) is 17.3. The second-order valence-electron chi connectivity index (χ2n) is 4.90. The average Bonchev–Trinajstić information content (AvgIpc) is 2.96. The van der Waals surface area contributed by atoms with Crippen molar-refractivity contribution in [2.75, 3.05) is 6.54 Å². The molecule has 2 atom stereocenters. The van der Waals surface area contributed by atoms with E-state index >= 15 is 0 Å². The van der Waals surface area contributed by atoms with E-state index in [1.54, 1.807) is 24.4 Å². The molecule has 0 fully saturated rings. The molecule has 1 aromatic carbocycles. The highest BCUT2D eigenvalue weighted by molar-refractivity contribution is 5.19. The quantitative estimate of drug-likeness (QED) is 0.815. The van der Waals surface area contributed by atoms with Gasteiger partial charge in [-0.1, -0.05) is 18.2 Å². The van der Waals surface area contributed by atoms with Gasteiger partial charge in [0.2, 0.25) is 0 Å². The Labute approximate surface area is 118 Å². The Kier molecular flexibility index (Phi) is 5.26. The zero-order valence-corrected chi connectivity index (χ0v) is 11.5. The van der Waals surface area contributed by atoms with Crippen LogP contribution in [0, 0.1) is 5.82 Å². The fraction of sp³-hybridized carbons (Fsp3) is 0.400. The number of nitrogens with zero attached hydrogens (tertiary/aromatic N) is 2. The van der Waals surface area contributed by atoms with Crippen molar-refractivity contribution in [1.29, 1.82) is 0 Å². The van der Waals surface area contributed by atoms with Crippen molar-refractivity contribution in [3.8, 4) is 0 Å². The molecule has 0 spiro atoms. The SMILES string of the molecule is CC(CCn1cccn1)NCC(O)c1ccccc1F. The fourth-order valence-corrected chi connectivity index (χ4v) is 2.03. The van der Waals surface area contributed by atoms with E-state index in [1.165, 1.54) is 6.07 Å². The molecule has 0 bridgehead atoms. The Morgan fingerprint density at radius 3 is 2.85 bits per heavy atom. The van der Waals surface area contributed by atoms with Crippen molar-refractivity contribution >= 4 is 0 Å². The highest BCUT2D eigenvalue weighted by atomic mass is 19.1. The predicted molar refractivity (Wildman–Crippen MR) is 75.7 cm³/mol. The standard InChI is InChI=1S/C15H20FN3O/c1-12(7-10-19-9-4-8-18-19)17-11-15(20)13-5-2-3-6-14(13)16/h2-6,8-9,12,15,17,20H,7,10-11H2,1H3. The van der Waals surface area contributed by atoms with Gasteiger partial charge in [0.1, 0.15) is 5.82 Å². The molecule has 2 rings (SSSR count). The molecule has 0 aliphatic rings. The van der Waals surface area contributed by atoms with Gasteiger partial charge in [0.05, 0.1) is 6.10 Å². The summed E-state index contributed by atoms with van der Waals surface area (Å²) in [6.45, 7) is 3.19. The van der Waals surface area contributed by atoms with Crippen LogP contribution in [0.15, 0.2) is 42.7 Å². The van der Waals surface area contributed by atoms with Crippen molar-refractivity contribution < 1.29 is 9.50 Å². The Balaban J connectivity index is 1.75. The lowest BCUT2D eigenvalue weighted by Crippen LogP contribution is -2.31. The maximum absolute atomic E-state index is 13.5. The normalized spacial score (nSPS) is 14.2. The third-order valence-electron chi connectivity index (χ3n) is 3.27. The van der Waals surface area contributed by atoms with Gasteiger partial charge >= 0.3 is 0 Å². The maximum Gasteiger partial charge on any atom is 0.129 e. The first-order valence-electron chi connectivity index (χ1n) is 6.80. The van der Waals surface area contributed by atoms with Gasteiger partial charge in [0.25, 0.3) is 0 Å². The molecule has 0 aliphatic heterocycles. The van der Waals surface area contributed by atoms with Gasteiger partial charge in [-0.3, -0.25) is 4.68 Å². The molecule has 0 radical (unpaired) electrons. The van der Waals surface area contributed by atoms with E-state index in [0.29, 0.717) is 12.1 Å². The number of halogens is 1. The van der Waals surface area contributed by atoms with E-state index in [4.69, 9.17) is 0 Å². The number of aryl methyl sites for hydroxylation is 1. The van der Waals surface area contributed by atoms with Crippen LogP contribution in [0.2, 0.25) is 0 Å². The van der Waals surface area contributed by atoms with Crippen molar-refractivity contribution in [2.24, 2.45) is 0 Å². The van der Waals surface area contributed by atoms with E-state index in [-0.39, 0.29) is 11.9 Å². The molecule has 0 amide bonds. The summed E-state index contributed by atoms with van der Waals surface area (Å²) in [5.41, 5.74) is 0.333. The minimum absolute atomic E-state index is 0.223. The highest BCUT2D eigenvalue weighted by Gasteiger charge is 2.13. The first-order valence-corrected chi connectivity index (χ1v) is 6.80. The Bertz CT molecular complexity index is 516. The van der Waals surface area contributed by atoms with Crippen molar-refractivity contribution in [3.05, 3.63) is 54.1 Å². The molecule has 1 heterocycles. The first kappa shape index (κ1) is 14.7. The Hall–Kier alpha value is -1.72. The molecule has 0 saturated carbocycles. The van der Waals surface area contributed by atoms with Gasteiger partial charge in [0, 0.05) is 37.1 Å². The van der Waals surface area contributed by atoms with Crippen LogP contribution in [-0.2, 0) is 6.54 Å². The van der Waals surface area contributed by atoms with Gasteiger partial charge < -0.3 is 10.4 Å². The molecule has 2 N–H and O–H groups in total. The summed E-state index contributed by atoms with van der Waals surface area (Å²) in [4.78, 5) is 0. The van der Waals surface area contributed by atoms with Crippen molar-refractivity contribution in [3.63, 3.8) is 0 Å². The van der Waals surface area contributed by atoms with Gasteiger partial charge in [-0.25, -0.2) is 4.39 Å². The molecule has 108 valence electrons. The van der Waals surface area contributed by atoms with E-state index in [0.717, 1.165) is 13.0 Å². The van der Waals surface area contributed by atoms with Gasteiger partial charge in [-0.15, -0.1) is 0 Å². The molecule has 2 unspecified atom stereocenters. The van der Waals surface area contributed by atoms with Gasteiger partial charge in [0.15, 0.2) is 0 Å². The lowest BCUT2D eigenvalue weighted by atomic mass is 10.1. The summed E-state index contributed by atoms with van der Waals surface area (Å²) in [5.74, 6) is -0.369. The topological polar surface area (TPSA) is 50.1 Å². The van der Waals surface area contributed by atoms with Crippen LogP contribution in [-0.4, -0.2) is 27.5 Å². The summed E-state index contributed by atoms with van der Waals surface area (Å²) < 4.78 is 15.4. The molecule has 5 heteroatoms. The van der Waals surface area contributed by atoms with Crippen LogP contribution in [0.5, 0.6) is 0 Å². The number of rotatable bonds is 7. The van der Waals surface area contributed by atoms with Crippen molar-refractivity contribution in [1.82, 2.24) is 15.1 Å². The van der Waals surface area contributed by atoms with E-state index in [9.17, 15) is 9.50 Å². The number of hydrogen-bond donors (Lipinski definition) is 2. The van der Waals surface area contributed by atoms with Gasteiger partial charge in [-0.2, -0.15) is 5.10 Å². The number of nitrogens with one attached hydrogen (secondary N) is 1. The number of aliphatic hydroxyl groups is 1. The second kappa shape index (κ2) is 7.17. The summed E-state index contributed by atoms with van der Waals surface area (Å²) in [6, 6.07) is 8.42. The molecular weight excluding hydrogens is 257 g/mol. The molecule has 1 aromatic heterocycles. The Morgan fingerprint density at radius 2 is 2.15 bits per heavy atom. The van der Waals surface area contributed by atoms with E-state index in [2.05, 4.69) is 10.4 Å². The zero-order chi connectivity index (χ0) is 14.4. The van der Waals surface area contributed by atoms with Crippen LogP contribution in [0.3, 0.4) is 0 Å². The smallest absolute Gasteiger partial charge is 0.129 e. The van der Waals surface area contributed by atoms with Crippen LogP contribution in [0.4, 0.5) is 4.39 Å². The number of aromatic nitrogens is 2. The molecule has 4 nitrogen and oxygen atoms in total. The number of benzene rings is 1. The van der Waals surface area contributed by atoms with Gasteiger partial charge in [-0.05, 0) is 25.5 Å². The van der Waals surface area contributed by atoms with E-state index in [1.807, 2.05) is 23.9 Å². The van der Waals surface area contributed by atoms with Crippen LogP contribution < -0.4 is 5.32 Å². The molecule has 0 aliphatic carbocycles. The predicted octanol–water partition coefficient (Wildman–Crippen LogP) is 2.12. The lowest BCUT2D eigenvalue weighted by molar-refractivity contribution is 0.165. The van der Waals surface area contributed by atoms with Crippen LogP contribution >= 0.6 is 0 Å².